The molecule has 2 aliphatic heterocycles. The molecule has 0 radical (unpaired) electrons. The zero-order valence-corrected chi connectivity index (χ0v) is 40.3. The first-order valence-electron chi connectivity index (χ1n) is 24.5. The summed E-state index contributed by atoms with van der Waals surface area (Å²) in [4.78, 5) is 5.41. The van der Waals surface area contributed by atoms with Gasteiger partial charge in [-0.3, -0.25) is 0 Å². The highest BCUT2D eigenvalue weighted by Gasteiger charge is 2.48. The summed E-state index contributed by atoms with van der Waals surface area (Å²) in [5, 5.41) is 2.60. The Bertz CT molecular complexity index is 3260. The predicted octanol–water partition coefficient (Wildman–Crippen LogP) is 15.9. The lowest BCUT2D eigenvalue weighted by Crippen LogP contribution is -2.61. The molecule has 0 N–H and O–H groups in total. The van der Waals surface area contributed by atoms with Crippen LogP contribution in [0, 0.1) is 6.92 Å². The van der Waals surface area contributed by atoms with Crippen molar-refractivity contribution in [2.75, 3.05) is 9.71 Å². The molecule has 0 spiro atoms. The highest BCUT2D eigenvalue weighted by atomic mass is 15.2. The largest absolute Gasteiger partial charge is 0.376 e. The standard InChI is InChI=1S/C63H61BN2/c1-40-34-49-51(62(6,7)32-30-60(49,2)3)38-54(40)65-56-35-44(42-20-14-11-15-21-42)26-29-53(56)64-59-57(65)36-45-22-16-17-23-47(45)58(59)48-37-50-52(63(8,9)33-31-61(50,4)5)39-55(48)66(64)46-27-24-43(25-28-46)41-18-12-10-13-19-41/h10-29,34-39H,30-33H2,1-9H3. The summed E-state index contributed by atoms with van der Waals surface area (Å²) in [6, 6.07) is 60.7. The van der Waals surface area contributed by atoms with E-state index >= 15 is 0 Å². The minimum atomic E-state index is -0.0863. The fraction of sp³-hybridized carbons (Fsp3) is 0.270. The average Bonchev–Trinajstić information content (AvgIpc) is 3.32. The highest BCUT2D eigenvalue weighted by molar-refractivity contribution is 6.94. The molecule has 66 heavy (non-hydrogen) atoms. The molecule has 8 aromatic rings. The maximum atomic E-state index is 2.73. The van der Waals surface area contributed by atoms with Gasteiger partial charge in [0.05, 0.1) is 0 Å². The van der Waals surface area contributed by atoms with E-state index in [9.17, 15) is 0 Å². The molecule has 0 unspecified atom stereocenters. The van der Waals surface area contributed by atoms with E-state index < -0.39 is 0 Å². The van der Waals surface area contributed by atoms with E-state index in [1.165, 1.54) is 137 Å². The number of benzene rings is 8. The molecular formula is C63H61BN2. The van der Waals surface area contributed by atoms with Crippen molar-refractivity contribution in [3.63, 3.8) is 0 Å². The molecule has 0 fully saturated rings. The summed E-state index contributed by atoms with van der Waals surface area (Å²) in [7, 11) is 0. The van der Waals surface area contributed by atoms with Crippen LogP contribution >= 0.6 is 0 Å². The van der Waals surface area contributed by atoms with Gasteiger partial charge in [-0.05, 0) is 174 Å². The number of aryl methyl sites for hydroxylation is 1. The third-order valence-corrected chi connectivity index (χ3v) is 16.7. The molecule has 3 heteroatoms. The maximum absolute atomic E-state index is 2.73. The second-order valence-electron chi connectivity index (χ2n) is 22.7. The number of fused-ring (bicyclic) bond motifs is 8. The fourth-order valence-electron chi connectivity index (χ4n) is 12.5. The van der Waals surface area contributed by atoms with E-state index in [2.05, 4.69) is 230 Å². The van der Waals surface area contributed by atoms with Crippen LogP contribution < -0.4 is 20.6 Å². The quantitative estimate of drug-likeness (QED) is 0.163. The molecule has 2 aliphatic carbocycles. The lowest BCUT2D eigenvalue weighted by molar-refractivity contribution is 0.332. The lowest BCUT2D eigenvalue weighted by Gasteiger charge is -2.49. The topological polar surface area (TPSA) is 6.48 Å². The first kappa shape index (κ1) is 41.1. The zero-order valence-electron chi connectivity index (χ0n) is 40.3. The van der Waals surface area contributed by atoms with Crippen LogP contribution in [0.3, 0.4) is 0 Å². The van der Waals surface area contributed by atoms with Gasteiger partial charge in [-0.2, -0.15) is 0 Å². The number of hydrogen-bond donors (Lipinski definition) is 0. The fourth-order valence-corrected chi connectivity index (χ4v) is 12.5. The smallest absolute Gasteiger partial charge is 0.333 e. The Morgan fingerprint density at radius 2 is 0.924 bits per heavy atom. The summed E-state index contributed by atoms with van der Waals surface area (Å²) < 4.78 is 0. The van der Waals surface area contributed by atoms with Gasteiger partial charge >= 0.3 is 6.85 Å². The molecule has 12 rings (SSSR count). The highest BCUT2D eigenvalue weighted by Crippen LogP contribution is 2.56. The summed E-state index contributed by atoms with van der Waals surface area (Å²) >= 11 is 0. The third kappa shape index (κ3) is 6.14. The minimum absolute atomic E-state index is 0.0467. The summed E-state index contributed by atoms with van der Waals surface area (Å²) in [5.74, 6) is 0. The van der Waals surface area contributed by atoms with Crippen LogP contribution in [0.5, 0.6) is 0 Å². The molecule has 2 heterocycles. The van der Waals surface area contributed by atoms with Gasteiger partial charge in [-0.25, -0.2) is 0 Å². The first-order valence-corrected chi connectivity index (χ1v) is 24.5. The van der Waals surface area contributed by atoms with Gasteiger partial charge in [0.1, 0.15) is 0 Å². The molecule has 0 saturated heterocycles. The number of hydrogen-bond acceptors (Lipinski definition) is 2. The summed E-state index contributed by atoms with van der Waals surface area (Å²) in [6.07, 6.45) is 4.70. The molecule has 0 atom stereocenters. The van der Waals surface area contributed by atoms with Crippen molar-refractivity contribution in [3.8, 4) is 33.4 Å². The van der Waals surface area contributed by atoms with Crippen molar-refractivity contribution in [2.24, 2.45) is 0 Å². The van der Waals surface area contributed by atoms with E-state index in [4.69, 9.17) is 0 Å². The monoisotopic (exact) mass is 856 g/mol. The van der Waals surface area contributed by atoms with Gasteiger partial charge < -0.3 is 9.71 Å². The molecule has 0 saturated carbocycles. The van der Waals surface area contributed by atoms with Gasteiger partial charge in [0.15, 0.2) is 0 Å². The minimum Gasteiger partial charge on any atom is -0.376 e. The molecule has 0 aromatic heterocycles. The van der Waals surface area contributed by atoms with E-state index in [0.717, 1.165) is 0 Å². The molecule has 0 bridgehead atoms. The van der Waals surface area contributed by atoms with Crippen LogP contribution in [-0.2, 0) is 21.7 Å². The van der Waals surface area contributed by atoms with Gasteiger partial charge in [-0.1, -0.05) is 171 Å². The van der Waals surface area contributed by atoms with Crippen molar-refractivity contribution in [2.45, 2.75) is 110 Å². The number of anilines is 5. The molecule has 326 valence electrons. The predicted molar refractivity (Wildman–Crippen MR) is 284 cm³/mol. The Balaban J connectivity index is 1.21. The zero-order chi connectivity index (χ0) is 45.5. The summed E-state index contributed by atoms with van der Waals surface area (Å²) in [5.41, 5.74) is 24.2. The summed E-state index contributed by atoms with van der Waals surface area (Å²) in [6.45, 7) is 22.0. The van der Waals surface area contributed by atoms with E-state index in [0.29, 0.717) is 0 Å². The Morgan fingerprint density at radius 3 is 1.55 bits per heavy atom. The molecule has 4 aliphatic rings. The second kappa shape index (κ2) is 14.3. The van der Waals surface area contributed by atoms with Crippen molar-refractivity contribution in [1.29, 1.82) is 0 Å². The second-order valence-corrected chi connectivity index (χ2v) is 22.7. The Kier molecular flexibility index (Phi) is 8.94. The van der Waals surface area contributed by atoms with Crippen LogP contribution in [0.15, 0.2) is 158 Å². The molecular weight excluding hydrogens is 796 g/mol. The number of nitrogens with zero attached hydrogens (tertiary/aromatic N) is 2. The Labute approximate surface area is 393 Å². The van der Waals surface area contributed by atoms with Crippen molar-refractivity contribution in [3.05, 3.63) is 186 Å². The van der Waals surface area contributed by atoms with Gasteiger partial charge in [0.25, 0.3) is 0 Å². The van der Waals surface area contributed by atoms with E-state index in [1.54, 1.807) is 0 Å². The van der Waals surface area contributed by atoms with Crippen molar-refractivity contribution >= 4 is 57.0 Å². The van der Waals surface area contributed by atoms with E-state index in [1.807, 2.05) is 0 Å². The lowest BCUT2D eigenvalue weighted by atomic mass is 9.43. The Hall–Kier alpha value is -6.32. The molecule has 8 aromatic carbocycles. The average molecular weight is 857 g/mol. The molecule has 2 nitrogen and oxygen atoms in total. The first-order chi connectivity index (χ1) is 31.6. The van der Waals surface area contributed by atoms with Gasteiger partial charge in [0.2, 0.25) is 0 Å². The van der Waals surface area contributed by atoms with Crippen molar-refractivity contribution < 1.29 is 0 Å². The van der Waals surface area contributed by atoms with Crippen molar-refractivity contribution in [1.82, 2.24) is 0 Å². The third-order valence-electron chi connectivity index (χ3n) is 16.7. The van der Waals surface area contributed by atoms with Crippen LogP contribution in [0.4, 0.5) is 28.4 Å². The van der Waals surface area contributed by atoms with Gasteiger partial charge in [0, 0.05) is 34.0 Å². The number of rotatable bonds is 4. The maximum Gasteiger partial charge on any atom is 0.333 e. The van der Waals surface area contributed by atoms with Crippen LogP contribution in [0.1, 0.15) is 109 Å². The SMILES string of the molecule is Cc1cc2c(cc1N1c3cc(-c4ccccc4)ccc3B3c4c1cc1ccccc1c4-c1cc4c(cc1N3c1ccc(-c3ccccc3)cc1)C(C)(C)CCC4(C)C)C(C)(C)CCC2(C)C. The van der Waals surface area contributed by atoms with Crippen LogP contribution in [0.25, 0.3) is 44.2 Å². The van der Waals surface area contributed by atoms with Crippen LogP contribution in [-0.4, -0.2) is 6.85 Å². The van der Waals surface area contributed by atoms with E-state index in [-0.39, 0.29) is 28.5 Å². The molecule has 0 amide bonds. The normalized spacial score (nSPS) is 17.9. The van der Waals surface area contributed by atoms with Crippen LogP contribution in [0.2, 0.25) is 0 Å². The Morgan fingerprint density at radius 1 is 0.424 bits per heavy atom. The van der Waals surface area contributed by atoms with Gasteiger partial charge in [-0.15, -0.1) is 0 Å².